The van der Waals surface area contributed by atoms with Gasteiger partial charge in [-0.15, -0.1) is 0 Å². The first-order valence-electron chi connectivity index (χ1n) is 8.35. The zero-order valence-electron chi connectivity index (χ0n) is 14.0. The normalized spacial score (nSPS) is 20.3. The molecule has 0 saturated carbocycles. The molecule has 4 heteroatoms. The smallest absolute Gasteiger partial charge is 0.346 e. The van der Waals surface area contributed by atoms with Crippen molar-refractivity contribution in [2.24, 2.45) is 0 Å². The molecule has 1 unspecified atom stereocenters. The van der Waals surface area contributed by atoms with Crippen molar-refractivity contribution in [3.63, 3.8) is 0 Å². The lowest BCUT2D eigenvalue weighted by atomic mass is 9.93. The highest BCUT2D eigenvalue weighted by atomic mass is 16.6. The van der Waals surface area contributed by atoms with E-state index in [9.17, 15) is 14.7 Å². The second-order valence-electron chi connectivity index (χ2n) is 6.18. The Morgan fingerprint density at radius 3 is 2.28 bits per heavy atom. The van der Waals surface area contributed by atoms with E-state index in [1.807, 2.05) is 60.7 Å². The highest BCUT2D eigenvalue weighted by molar-refractivity contribution is 6.23. The predicted molar refractivity (Wildman–Crippen MR) is 94.2 cm³/mol. The molecule has 128 valence electrons. The number of ketones is 1. The lowest BCUT2D eigenvalue weighted by Gasteiger charge is -2.12. The van der Waals surface area contributed by atoms with Gasteiger partial charge in [0.25, 0.3) is 0 Å². The number of aryl methyl sites for hydroxylation is 1. The van der Waals surface area contributed by atoms with Crippen LogP contribution >= 0.6 is 0 Å². The Balaban J connectivity index is 1.76. The summed E-state index contributed by atoms with van der Waals surface area (Å²) < 4.78 is 5.21. The second kappa shape index (κ2) is 7.34. The number of carbonyl (C=O) groups excluding carboxylic acids is 2. The summed E-state index contributed by atoms with van der Waals surface area (Å²) in [5.41, 5.74) is 1.70. The zero-order chi connectivity index (χ0) is 17.8. The second-order valence-corrected chi connectivity index (χ2v) is 6.18. The van der Waals surface area contributed by atoms with Crippen molar-refractivity contribution >= 4 is 11.8 Å². The van der Waals surface area contributed by atoms with Crippen LogP contribution in [-0.4, -0.2) is 23.0 Å². The Morgan fingerprint density at radius 2 is 1.64 bits per heavy atom. The van der Waals surface area contributed by atoms with Crippen LogP contribution in [0.5, 0.6) is 0 Å². The Labute approximate surface area is 146 Å². The van der Waals surface area contributed by atoms with Crippen LogP contribution in [0.1, 0.15) is 30.4 Å². The molecular weight excluding hydrogens is 316 g/mol. The molecule has 2 aromatic carbocycles. The van der Waals surface area contributed by atoms with Crippen molar-refractivity contribution in [1.82, 2.24) is 0 Å². The number of rotatable bonds is 5. The van der Waals surface area contributed by atoms with E-state index >= 15 is 0 Å². The fraction of sp³-hybridized carbons (Fsp3) is 0.238. The number of allylic oxidation sites excluding steroid dienone is 1. The summed E-state index contributed by atoms with van der Waals surface area (Å²) in [6, 6.07) is 19.0. The van der Waals surface area contributed by atoms with Crippen LogP contribution in [0.25, 0.3) is 0 Å². The van der Waals surface area contributed by atoms with Crippen molar-refractivity contribution in [2.75, 3.05) is 0 Å². The number of carbonyl (C=O) groups is 2. The standard InChI is InChI=1S/C21H20O4/c1-14(16-10-6-3-7-11-16)19(22)18-20(23)17(25-21(18)24)13-12-15-8-4-2-5-9-15/h2-11,14,17,22H,12-13H2,1H3/t14-,17?/m0/s1. The minimum absolute atomic E-state index is 0.214. The third-order valence-electron chi connectivity index (χ3n) is 4.50. The van der Waals surface area contributed by atoms with Gasteiger partial charge in [-0.2, -0.15) is 0 Å². The number of benzene rings is 2. The quantitative estimate of drug-likeness (QED) is 0.391. The first-order chi connectivity index (χ1) is 12.1. The van der Waals surface area contributed by atoms with E-state index < -0.39 is 23.8 Å². The summed E-state index contributed by atoms with van der Waals surface area (Å²) in [5.74, 6) is -1.83. The van der Waals surface area contributed by atoms with Crippen molar-refractivity contribution < 1.29 is 19.4 Å². The number of ether oxygens (including phenoxy) is 1. The summed E-state index contributed by atoms with van der Waals surface area (Å²) in [4.78, 5) is 24.7. The highest BCUT2D eigenvalue weighted by Crippen LogP contribution is 2.30. The minimum atomic E-state index is -0.826. The van der Waals surface area contributed by atoms with Crippen molar-refractivity contribution in [3.8, 4) is 0 Å². The van der Waals surface area contributed by atoms with Gasteiger partial charge in [-0.3, -0.25) is 4.79 Å². The minimum Gasteiger partial charge on any atom is -0.511 e. The molecule has 1 heterocycles. The third-order valence-corrected chi connectivity index (χ3v) is 4.50. The molecule has 1 fully saturated rings. The van der Waals surface area contributed by atoms with E-state index in [2.05, 4.69) is 0 Å². The SMILES string of the molecule is C[C@H](C(O)=C1C(=O)OC(CCc2ccccc2)C1=O)c1ccccc1. The van der Waals surface area contributed by atoms with Gasteiger partial charge in [-0.25, -0.2) is 4.79 Å². The average Bonchev–Trinajstić information content (AvgIpc) is 2.94. The molecule has 1 N–H and O–H groups in total. The molecule has 25 heavy (non-hydrogen) atoms. The van der Waals surface area contributed by atoms with Crippen molar-refractivity contribution in [2.45, 2.75) is 31.8 Å². The van der Waals surface area contributed by atoms with Crippen LogP contribution in [0, 0.1) is 0 Å². The summed E-state index contributed by atoms with van der Waals surface area (Å²) in [6.45, 7) is 1.76. The summed E-state index contributed by atoms with van der Waals surface area (Å²) in [7, 11) is 0. The van der Waals surface area contributed by atoms with E-state index in [4.69, 9.17) is 4.74 Å². The number of aliphatic hydroxyl groups is 1. The van der Waals surface area contributed by atoms with Gasteiger partial charge in [0, 0.05) is 5.92 Å². The molecule has 1 saturated heterocycles. The first-order valence-corrected chi connectivity index (χ1v) is 8.35. The number of cyclic esters (lactones) is 1. The van der Waals surface area contributed by atoms with Crippen LogP contribution in [0.4, 0.5) is 0 Å². The van der Waals surface area contributed by atoms with Crippen LogP contribution in [0.3, 0.4) is 0 Å². The highest BCUT2D eigenvalue weighted by Gasteiger charge is 2.41. The lowest BCUT2D eigenvalue weighted by molar-refractivity contribution is -0.141. The number of aliphatic hydroxyl groups excluding tert-OH is 1. The van der Waals surface area contributed by atoms with E-state index in [0.717, 1.165) is 11.1 Å². The molecule has 0 aromatic heterocycles. The molecule has 2 atom stereocenters. The maximum atomic E-state index is 12.6. The molecule has 0 spiro atoms. The van der Waals surface area contributed by atoms with Gasteiger partial charge in [0.2, 0.25) is 5.78 Å². The Hall–Kier alpha value is -2.88. The molecule has 1 aliphatic heterocycles. The van der Waals surface area contributed by atoms with Crippen LogP contribution in [-0.2, 0) is 20.7 Å². The van der Waals surface area contributed by atoms with Gasteiger partial charge in [0.1, 0.15) is 11.3 Å². The maximum absolute atomic E-state index is 12.6. The van der Waals surface area contributed by atoms with Crippen molar-refractivity contribution in [1.29, 1.82) is 0 Å². The Bertz CT molecular complexity index is 793. The fourth-order valence-electron chi connectivity index (χ4n) is 2.98. The van der Waals surface area contributed by atoms with E-state index in [1.165, 1.54) is 0 Å². The molecule has 2 aromatic rings. The van der Waals surface area contributed by atoms with Gasteiger partial charge in [0.15, 0.2) is 6.10 Å². The largest absolute Gasteiger partial charge is 0.511 e. The molecule has 1 aliphatic rings. The number of esters is 1. The third kappa shape index (κ3) is 3.63. The number of hydrogen-bond acceptors (Lipinski definition) is 4. The van der Waals surface area contributed by atoms with Gasteiger partial charge in [-0.05, 0) is 24.0 Å². The van der Waals surface area contributed by atoms with Gasteiger partial charge in [0.05, 0.1) is 0 Å². The maximum Gasteiger partial charge on any atom is 0.346 e. The lowest BCUT2D eigenvalue weighted by Crippen LogP contribution is -2.18. The van der Waals surface area contributed by atoms with Crippen molar-refractivity contribution in [3.05, 3.63) is 83.1 Å². The molecule has 4 nitrogen and oxygen atoms in total. The number of Topliss-reactive ketones (excluding diaryl/α,β-unsaturated/α-hetero) is 1. The summed E-state index contributed by atoms with van der Waals surface area (Å²) >= 11 is 0. The van der Waals surface area contributed by atoms with Crippen LogP contribution < -0.4 is 0 Å². The predicted octanol–water partition coefficient (Wildman–Crippen LogP) is 3.73. The van der Waals surface area contributed by atoms with E-state index in [-0.39, 0.29) is 11.3 Å². The monoisotopic (exact) mass is 336 g/mol. The van der Waals surface area contributed by atoms with E-state index in [0.29, 0.717) is 12.8 Å². The molecule has 3 rings (SSSR count). The molecule has 0 aliphatic carbocycles. The van der Waals surface area contributed by atoms with E-state index in [1.54, 1.807) is 6.92 Å². The fourth-order valence-corrected chi connectivity index (χ4v) is 2.98. The summed E-state index contributed by atoms with van der Waals surface area (Å²) in [5, 5.41) is 10.5. The summed E-state index contributed by atoms with van der Waals surface area (Å²) in [6.07, 6.45) is 0.213. The molecule has 0 bridgehead atoms. The van der Waals surface area contributed by atoms with Gasteiger partial charge < -0.3 is 9.84 Å². The molecule has 0 amide bonds. The van der Waals surface area contributed by atoms with Crippen LogP contribution in [0.15, 0.2) is 72.0 Å². The van der Waals surface area contributed by atoms with Gasteiger partial charge >= 0.3 is 5.97 Å². The average molecular weight is 336 g/mol. The first kappa shape index (κ1) is 17.0. The molecular formula is C21H20O4. The van der Waals surface area contributed by atoms with Gasteiger partial charge in [-0.1, -0.05) is 67.6 Å². The number of hydrogen-bond donors (Lipinski definition) is 1. The molecule has 0 radical (unpaired) electrons. The topological polar surface area (TPSA) is 63.6 Å². The van der Waals surface area contributed by atoms with Crippen LogP contribution in [0.2, 0.25) is 0 Å². The zero-order valence-corrected chi connectivity index (χ0v) is 14.0. The Kier molecular flexibility index (Phi) is 4.98. The Morgan fingerprint density at radius 1 is 1.04 bits per heavy atom.